The predicted octanol–water partition coefficient (Wildman–Crippen LogP) is 1.32. The van der Waals surface area contributed by atoms with Crippen molar-refractivity contribution in [2.24, 2.45) is 0 Å². The molecule has 0 saturated carbocycles. The number of aromatic nitrogens is 1. The van der Waals surface area contributed by atoms with Gasteiger partial charge in [0.05, 0.1) is 22.5 Å². The summed E-state index contributed by atoms with van der Waals surface area (Å²) in [4.78, 5) is 27.7. The van der Waals surface area contributed by atoms with Gasteiger partial charge in [0.2, 0.25) is 0 Å². The van der Waals surface area contributed by atoms with Gasteiger partial charge in [-0.25, -0.2) is 9.59 Å². The number of nitrogens with zero attached hydrogens (tertiary/aromatic N) is 2. The minimum atomic E-state index is -1.21. The van der Waals surface area contributed by atoms with Gasteiger partial charge in [0, 0.05) is 20.3 Å². The lowest BCUT2D eigenvalue weighted by molar-refractivity contribution is 0.0695. The van der Waals surface area contributed by atoms with E-state index >= 15 is 0 Å². The van der Waals surface area contributed by atoms with E-state index in [9.17, 15) is 9.59 Å². The number of carbonyl (C=O) groups is 2. The molecule has 2 N–H and O–H groups in total. The maximum atomic E-state index is 11.1. The maximum Gasteiger partial charge on any atom is 0.337 e. The first-order valence-corrected chi connectivity index (χ1v) is 5.15. The first kappa shape index (κ1) is 13.7. The number of pyridine rings is 1. The lowest BCUT2D eigenvalue weighted by Crippen LogP contribution is -2.10. The lowest BCUT2D eigenvalue weighted by Gasteiger charge is -2.07. The second-order valence-electron chi connectivity index (χ2n) is 3.94. The van der Waals surface area contributed by atoms with Crippen LogP contribution in [0.15, 0.2) is 12.3 Å². The summed E-state index contributed by atoms with van der Waals surface area (Å²) >= 11 is 0. The highest BCUT2D eigenvalue weighted by atomic mass is 16.4. The summed E-state index contributed by atoms with van der Waals surface area (Å²) in [6, 6.07) is 1.13. The zero-order valence-corrected chi connectivity index (χ0v) is 10.3. The second kappa shape index (κ2) is 5.31. The van der Waals surface area contributed by atoms with Crippen LogP contribution in [0.3, 0.4) is 0 Å². The number of hydrogen-bond donors (Lipinski definition) is 2. The average molecular weight is 250 g/mol. The molecule has 96 valence electrons. The van der Waals surface area contributed by atoms with Crippen molar-refractivity contribution >= 4 is 18.0 Å². The molecule has 1 heterocycles. The predicted molar refractivity (Wildman–Crippen MR) is 65.6 cm³/mol. The molecule has 0 amide bonds. The Morgan fingerprint density at radius 2 is 1.78 bits per heavy atom. The van der Waals surface area contributed by atoms with Gasteiger partial charge in [-0.1, -0.05) is 0 Å². The van der Waals surface area contributed by atoms with E-state index in [2.05, 4.69) is 4.98 Å². The summed E-state index contributed by atoms with van der Waals surface area (Å²) < 4.78 is 0. The number of aryl methyl sites for hydroxylation is 1. The summed E-state index contributed by atoms with van der Waals surface area (Å²) in [5.41, 5.74) is 0.287. The smallest absolute Gasteiger partial charge is 0.337 e. The van der Waals surface area contributed by atoms with E-state index < -0.39 is 11.9 Å². The first-order chi connectivity index (χ1) is 8.32. The fourth-order valence-electron chi connectivity index (χ4n) is 1.36. The van der Waals surface area contributed by atoms with Gasteiger partial charge in [-0.2, -0.15) is 0 Å². The van der Waals surface area contributed by atoms with Crippen molar-refractivity contribution in [2.75, 3.05) is 14.1 Å². The fraction of sp³-hybridized carbons (Fsp3) is 0.250. The van der Waals surface area contributed by atoms with Crippen molar-refractivity contribution < 1.29 is 19.8 Å². The van der Waals surface area contributed by atoms with E-state index in [1.54, 1.807) is 25.2 Å². The van der Waals surface area contributed by atoms with Crippen LogP contribution < -0.4 is 0 Å². The molecule has 0 bridgehead atoms. The summed E-state index contributed by atoms with van der Waals surface area (Å²) in [5, 5.41) is 18.0. The third-order valence-electron chi connectivity index (χ3n) is 2.23. The van der Waals surface area contributed by atoms with Crippen molar-refractivity contribution in [1.82, 2.24) is 9.88 Å². The Labute approximate surface area is 104 Å². The minimum Gasteiger partial charge on any atom is -0.478 e. The molecule has 6 nitrogen and oxygen atoms in total. The Hall–Kier alpha value is -2.37. The van der Waals surface area contributed by atoms with Gasteiger partial charge in [0.25, 0.3) is 0 Å². The molecule has 6 heteroatoms. The Morgan fingerprint density at radius 3 is 2.22 bits per heavy atom. The first-order valence-electron chi connectivity index (χ1n) is 5.15. The van der Waals surface area contributed by atoms with Crippen LogP contribution in [0.1, 0.15) is 32.1 Å². The molecule has 1 aromatic heterocycles. The van der Waals surface area contributed by atoms with Gasteiger partial charge >= 0.3 is 11.9 Å². The summed E-state index contributed by atoms with van der Waals surface area (Å²) in [6.45, 7) is 1.53. The third kappa shape index (κ3) is 3.07. The van der Waals surface area contributed by atoms with E-state index in [0.717, 1.165) is 6.07 Å². The topological polar surface area (TPSA) is 90.7 Å². The number of carboxylic acids is 2. The van der Waals surface area contributed by atoms with Crippen LogP contribution in [-0.4, -0.2) is 46.1 Å². The van der Waals surface area contributed by atoms with Crippen LogP contribution in [0.5, 0.6) is 0 Å². The highest BCUT2D eigenvalue weighted by molar-refractivity contribution is 5.96. The van der Waals surface area contributed by atoms with Crippen LogP contribution in [0.2, 0.25) is 0 Å². The van der Waals surface area contributed by atoms with Crippen molar-refractivity contribution in [1.29, 1.82) is 0 Å². The van der Waals surface area contributed by atoms with E-state index in [0.29, 0.717) is 0 Å². The maximum absolute atomic E-state index is 11.1. The molecule has 0 aliphatic heterocycles. The van der Waals surface area contributed by atoms with Crippen LogP contribution in [0.25, 0.3) is 6.08 Å². The van der Waals surface area contributed by atoms with Crippen LogP contribution >= 0.6 is 0 Å². The highest BCUT2D eigenvalue weighted by Crippen LogP contribution is 2.15. The van der Waals surface area contributed by atoms with Crippen LogP contribution in [0.4, 0.5) is 0 Å². The van der Waals surface area contributed by atoms with Crippen molar-refractivity contribution in [3.05, 3.63) is 34.8 Å². The summed E-state index contributed by atoms with van der Waals surface area (Å²) in [6.07, 6.45) is 3.18. The van der Waals surface area contributed by atoms with Gasteiger partial charge < -0.3 is 15.1 Å². The third-order valence-corrected chi connectivity index (χ3v) is 2.23. The number of aromatic carboxylic acids is 2. The Balaban J connectivity index is 3.38. The Kier molecular flexibility index (Phi) is 4.04. The summed E-state index contributed by atoms with van der Waals surface area (Å²) in [7, 11) is 3.57. The minimum absolute atomic E-state index is 0.102. The van der Waals surface area contributed by atoms with Crippen molar-refractivity contribution in [3.63, 3.8) is 0 Å². The molecule has 0 aliphatic carbocycles. The van der Waals surface area contributed by atoms with Gasteiger partial charge in [-0.3, -0.25) is 4.98 Å². The molecule has 0 radical (unpaired) electrons. The normalized spacial score (nSPS) is 10.6. The molecule has 0 aromatic carbocycles. The molecule has 18 heavy (non-hydrogen) atoms. The Bertz CT molecular complexity index is 521. The van der Waals surface area contributed by atoms with E-state index in [-0.39, 0.29) is 22.5 Å². The van der Waals surface area contributed by atoms with Gasteiger partial charge in [0.1, 0.15) is 0 Å². The van der Waals surface area contributed by atoms with Crippen LogP contribution in [0, 0.1) is 6.92 Å². The Morgan fingerprint density at radius 1 is 1.22 bits per heavy atom. The molecule has 0 spiro atoms. The highest BCUT2D eigenvalue weighted by Gasteiger charge is 2.16. The molecule has 0 aliphatic rings. The monoisotopic (exact) mass is 250 g/mol. The molecule has 0 saturated heterocycles. The fourth-order valence-corrected chi connectivity index (χ4v) is 1.36. The largest absolute Gasteiger partial charge is 0.478 e. The lowest BCUT2D eigenvalue weighted by atomic mass is 10.1. The standard InChI is InChI=1S/C12H14N2O4/c1-7-8(11(15)16)6-9(12(17)18)10(13-7)4-5-14(2)3/h4-6H,1-3H3,(H,15,16)(H,17,18)/b5-4+. The van der Waals surface area contributed by atoms with E-state index in [1.165, 1.54) is 13.0 Å². The van der Waals surface area contributed by atoms with Crippen LogP contribution in [-0.2, 0) is 0 Å². The van der Waals surface area contributed by atoms with E-state index in [4.69, 9.17) is 10.2 Å². The van der Waals surface area contributed by atoms with Gasteiger partial charge in [-0.05, 0) is 19.1 Å². The van der Waals surface area contributed by atoms with Gasteiger partial charge in [0.15, 0.2) is 0 Å². The molecule has 1 rings (SSSR count). The number of hydrogen-bond acceptors (Lipinski definition) is 4. The van der Waals surface area contributed by atoms with Crippen molar-refractivity contribution in [3.8, 4) is 0 Å². The zero-order valence-electron chi connectivity index (χ0n) is 10.3. The quantitative estimate of drug-likeness (QED) is 0.837. The second-order valence-corrected chi connectivity index (χ2v) is 3.94. The van der Waals surface area contributed by atoms with Crippen molar-refractivity contribution in [2.45, 2.75) is 6.92 Å². The van der Waals surface area contributed by atoms with E-state index in [1.807, 2.05) is 0 Å². The SMILES string of the molecule is Cc1nc(/C=C/N(C)C)c(C(=O)O)cc1C(=O)O. The molecule has 0 unspecified atom stereocenters. The van der Waals surface area contributed by atoms with Gasteiger partial charge in [-0.15, -0.1) is 0 Å². The summed E-state index contributed by atoms with van der Waals surface area (Å²) in [5.74, 6) is -2.39. The average Bonchev–Trinajstić information content (AvgIpc) is 2.25. The molecule has 0 fully saturated rings. The molecule has 0 atom stereocenters. The number of carboxylic acid groups (broad SMARTS) is 2. The number of rotatable bonds is 4. The zero-order chi connectivity index (χ0) is 13.9. The molecular formula is C12H14N2O4. The molecular weight excluding hydrogens is 236 g/mol. The molecule has 1 aromatic rings.